The van der Waals surface area contributed by atoms with Crippen LogP contribution in [0.1, 0.15) is 366 Å². The SMILES string of the molecule is C.CCCCc1cccc(CCC)c1.CCCCc1cccc(CCC)c1.CCCCc1cccc(CCCC)c1.CCCCc1cccc(OCCC)c1.CCCCc1cccc(OCCC)c1.CCCOc1cccc(CC)c1.CCCOc1cccc(CCC)c1.CCCOc1cccc(CCC)c1.CCCOc1cccc(OCCC)c1.CCc1ccccc1Sc1ccccc1CC. The van der Waals surface area contributed by atoms with E-state index in [-0.39, 0.29) is 7.43 Å². The summed E-state index contributed by atoms with van der Waals surface area (Å²) in [5.41, 5.74) is 18.8. The van der Waals surface area contributed by atoms with Crippen molar-refractivity contribution in [3.63, 3.8) is 0 Å². The van der Waals surface area contributed by atoms with E-state index in [4.69, 9.17) is 33.2 Å². The van der Waals surface area contributed by atoms with E-state index in [1.54, 1.807) is 0 Å². The number of ether oxygens (including phenoxy) is 7. The smallest absolute Gasteiger partial charge is 0.122 e. The zero-order valence-corrected chi connectivity index (χ0v) is 90.9. The molecule has 0 amide bonds. The molecule has 11 aromatic rings. The average molecular weight is 1900 g/mol. The van der Waals surface area contributed by atoms with Crippen molar-refractivity contribution in [2.24, 2.45) is 0 Å². The lowest BCUT2D eigenvalue weighted by Gasteiger charge is -2.10. The molecular weight excluding hydrogens is 1710 g/mol. The molecular formula is C130H194O7S. The van der Waals surface area contributed by atoms with Crippen molar-refractivity contribution in [3.8, 4) is 40.2 Å². The maximum absolute atomic E-state index is 5.58. The number of hydrogen-bond acceptors (Lipinski definition) is 8. The summed E-state index contributed by atoms with van der Waals surface area (Å²) in [4.78, 5) is 2.77. The largest absolute Gasteiger partial charge is 0.494 e. The molecule has 0 aliphatic rings. The van der Waals surface area contributed by atoms with Gasteiger partial charge in [0.15, 0.2) is 0 Å². The molecule has 0 aromatic heterocycles. The normalized spacial score (nSPS) is 10.1. The Kier molecular flexibility index (Phi) is 81.3. The summed E-state index contributed by atoms with van der Waals surface area (Å²) >= 11 is 1.89. The molecule has 762 valence electrons. The summed E-state index contributed by atoms with van der Waals surface area (Å²) in [6.07, 6.45) is 43.0. The van der Waals surface area contributed by atoms with Crippen LogP contribution < -0.4 is 33.2 Å². The van der Waals surface area contributed by atoms with Crippen molar-refractivity contribution in [2.75, 3.05) is 46.2 Å². The van der Waals surface area contributed by atoms with Gasteiger partial charge in [0.2, 0.25) is 0 Å². The highest BCUT2D eigenvalue weighted by atomic mass is 32.2. The minimum atomic E-state index is 0. The second kappa shape index (κ2) is 88.8. The van der Waals surface area contributed by atoms with Crippen molar-refractivity contribution < 1.29 is 33.2 Å². The fourth-order valence-electron chi connectivity index (χ4n) is 14.4. The summed E-state index contributed by atoms with van der Waals surface area (Å²) in [5, 5.41) is 0. The molecule has 11 aromatic carbocycles. The van der Waals surface area contributed by atoms with Gasteiger partial charge in [0.25, 0.3) is 0 Å². The van der Waals surface area contributed by atoms with Crippen LogP contribution in [0.15, 0.2) is 277 Å². The monoisotopic (exact) mass is 1900 g/mol. The molecule has 0 heterocycles. The molecule has 0 aliphatic heterocycles. The van der Waals surface area contributed by atoms with E-state index in [0.717, 1.165) is 164 Å². The van der Waals surface area contributed by atoms with Crippen molar-refractivity contribution >= 4 is 11.8 Å². The molecule has 0 atom stereocenters. The Morgan fingerprint density at radius 2 is 0.341 bits per heavy atom. The molecule has 7 nitrogen and oxygen atoms in total. The highest BCUT2D eigenvalue weighted by molar-refractivity contribution is 7.99. The Morgan fingerprint density at radius 1 is 0.159 bits per heavy atom. The van der Waals surface area contributed by atoms with Crippen molar-refractivity contribution in [1.29, 1.82) is 0 Å². The van der Waals surface area contributed by atoms with Crippen LogP contribution >= 0.6 is 11.8 Å². The zero-order valence-electron chi connectivity index (χ0n) is 90.1. The molecule has 0 fully saturated rings. The van der Waals surface area contributed by atoms with Crippen LogP contribution in [0.4, 0.5) is 0 Å². The fraction of sp³-hybridized carbons (Fsp3) is 0.492. The highest BCUT2D eigenvalue weighted by Crippen LogP contribution is 2.34. The molecule has 138 heavy (non-hydrogen) atoms. The van der Waals surface area contributed by atoms with Gasteiger partial charge in [-0.2, -0.15) is 0 Å². The lowest BCUT2D eigenvalue weighted by atomic mass is 10.0. The summed E-state index contributed by atoms with van der Waals surface area (Å²) in [6, 6.07) is 94.2. The van der Waals surface area contributed by atoms with Gasteiger partial charge in [-0.3, -0.25) is 0 Å². The van der Waals surface area contributed by atoms with Gasteiger partial charge in [-0.1, -0.05) is 398 Å². The zero-order chi connectivity index (χ0) is 99.9. The van der Waals surface area contributed by atoms with E-state index in [1.165, 1.54) is 236 Å². The van der Waals surface area contributed by atoms with Gasteiger partial charge in [0, 0.05) is 15.9 Å². The van der Waals surface area contributed by atoms with Crippen LogP contribution in [0, 0.1) is 0 Å². The minimum Gasteiger partial charge on any atom is -0.494 e. The molecule has 8 heteroatoms. The summed E-state index contributed by atoms with van der Waals surface area (Å²) < 4.78 is 38.7. The second-order valence-electron chi connectivity index (χ2n) is 35.1. The maximum atomic E-state index is 5.58. The third-order valence-corrected chi connectivity index (χ3v) is 23.2. The van der Waals surface area contributed by atoms with Crippen LogP contribution in [0.2, 0.25) is 0 Å². The van der Waals surface area contributed by atoms with Gasteiger partial charge >= 0.3 is 0 Å². The lowest BCUT2D eigenvalue weighted by molar-refractivity contribution is 0.301. The second-order valence-corrected chi connectivity index (χ2v) is 36.2. The first-order valence-corrected chi connectivity index (χ1v) is 55.0. The van der Waals surface area contributed by atoms with Gasteiger partial charge < -0.3 is 33.2 Å². The molecule has 0 bridgehead atoms. The van der Waals surface area contributed by atoms with Gasteiger partial charge in [-0.05, 0) is 324 Å². The number of hydrogen-bond donors (Lipinski definition) is 0. The Morgan fingerprint density at radius 3 is 0.551 bits per heavy atom. The predicted octanol–water partition coefficient (Wildman–Crippen LogP) is 38.7. The third-order valence-electron chi connectivity index (χ3n) is 22.0. The standard InChI is InChI=1S/C16H18S.C14H22.2C13H20O.2C13H20.C12H18O2.2C12H18O.C11H16O.CH4/c1-3-13-9-5-7-11-15(13)17-16-12-8-6-10-14(16)4-2;1-3-5-8-13-10-7-11-14(12-13)9-6-4-2;2*1-3-5-7-12-8-6-9-13(11-12)14-10-4-2;2*1-3-5-8-13-10-6-9-12(11-13)7-4-2;1-3-8-13-11-6-5-7-12(10-11)14-9-4-2;2*1-3-6-11-7-5-8-12(10-11)13-9-4-2;1-3-8-12-11-7-5-6-10(4-2)9-11;/h5-12H,3-4H2,1-2H3;7,10-12H,3-6,8-9H2,1-2H3;2*6,8-9,11H,3-5,7,10H2,1-2H3;2*6,9-11H,3-5,7-8H2,1-2H3;5-7,10H,3-4,8-9H2,1-2H3;2*5,7-8,10H,3-4,6,9H2,1-2H3;5-7,9H,3-4,8H2,1-2H3;1H4. The van der Waals surface area contributed by atoms with E-state index in [9.17, 15) is 0 Å². The van der Waals surface area contributed by atoms with E-state index >= 15 is 0 Å². The van der Waals surface area contributed by atoms with Crippen molar-refractivity contribution in [1.82, 2.24) is 0 Å². The molecule has 0 unspecified atom stereocenters. The molecule has 0 radical (unpaired) electrons. The van der Waals surface area contributed by atoms with E-state index < -0.39 is 0 Å². The average Bonchev–Trinajstić information content (AvgIpc) is 0.848. The predicted molar refractivity (Wildman–Crippen MR) is 608 cm³/mol. The molecule has 0 spiro atoms. The number of unbranched alkanes of at least 4 members (excludes halogenated alkanes) is 6. The van der Waals surface area contributed by atoms with Crippen LogP contribution in [-0.4, -0.2) is 46.2 Å². The van der Waals surface area contributed by atoms with E-state index in [1.807, 2.05) is 72.4 Å². The Balaban J connectivity index is 0.000000767. The van der Waals surface area contributed by atoms with Crippen molar-refractivity contribution in [2.45, 2.75) is 387 Å². The van der Waals surface area contributed by atoms with Gasteiger partial charge in [-0.15, -0.1) is 0 Å². The lowest BCUT2D eigenvalue weighted by Crippen LogP contribution is -1.97. The Hall–Kier alpha value is -9.63. The van der Waals surface area contributed by atoms with E-state index in [2.05, 4.69) is 345 Å². The minimum absolute atomic E-state index is 0. The van der Waals surface area contributed by atoms with Crippen LogP contribution in [-0.2, 0) is 83.5 Å². The highest BCUT2D eigenvalue weighted by Gasteiger charge is 2.08. The molecule has 0 saturated carbocycles. The van der Waals surface area contributed by atoms with E-state index in [0.29, 0.717) is 0 Å². The first-order chi connectivity index (χ1) is 67.1. The van der Waals surface area contributed by atoms with Crippen LogP contribution in [0.25, 0.3) is 0 Å². The third kappa shape index (κ3) is 63.9. The summed E-state index contributed by atoms with van der Waals surface area (Å²) in [5.74, 6) is 6.82. The Bertz CT molecular complexity index is 4050. The van der Waals surface area contributed by atoms with Crippen LogP contribution in [0.5, 0.6) is 40.2 Å². The quantitative estimate of drug-likeness (QED) is 0.0374. The first-order valence-electron chi connectivity index (χ1n) is 54.1. The summed E-state index contributed by atoms with van der Waals surface area (Å²) in [7, 11) is 0. The maximum Gasteiger partial charge on any atom is 0.122 e. The number of benzene rings is 11. The topological polar surface area (TPSA) is 64.6 Å². The first kappa shape index (κ1) is 126. The molecule has 0 aliphatic carbocycles. The van der Waals surface area contributed by atoms with Gasteiger partial charge in [0.1, 0.15) is 40.2 Å². The molecule has 11 rings (SSSR count). The molecule has 0 N–H and O–H groups in total. The number of aryl methyl sites for hydroxylation is 13. The Labute approximate surface area is 851 Å². The number of rotatable bonds is 52. The molecule has 0 saturated heterocycles. The summed E-state index contributed by atoms with van der Waals surface area (Å²) in [6.45, 7) is 49.3. The fourth-order valence-corrected chi connectivity index (χ4v) is 15.6. The van der Waals surface area contributed by atoms with Gasteiger partial charge in [0.05, 0.1) is 46.2 Å². The van der Waals surface area contributed by atoms with Gasteiger partial charge in [-0.25, -0.2) is 0 Å². The van der Waals surface area contributed by atoms with Crippen LogP contribution in [0.3, 0.4) is 0 Å². The van der Waals surface area contributed by atoms with Crippen molar-refractivity contribution in [3.05, 3.63) is 339 Å².